The quantitative estimate of drug-likeness (QED) is 0.361. The molecule has 3 rings (SSSR count). The summed E-state index contributed by atoms with van der Waals surface area (Å²) in [5, 5.41) is 3.32. The molecule has 1 aliphatic heterocycles. The average molecular weight is 538 g/mol. The second kappa shape index (κ2) is 10.7. The lowest BCUT2D eigenvalue weighted by Crippen LogP contribution is -2.19. The normalized spacial score (nSPS) is 16.1. The lowest BCUT2D eigenvalue weighted by molar-refractivity contribution is -0.115. The predicted octanol–water partition coefficient (Wildman–Crippen LogP) is 5.38. The maximum Gasteiger partial charge on any atom is 0.264 e. The Labute approximate surface area is 194 Å². The number of nitrogens with zero attached hydrogens (tertiary/aromatic N) is 1. The Bertz CT molecular complexity index is 991. The van der Waals surface area contributed by atoms with Gasteiger partial charge in [-0.15, -0.1) is 0 Å². The van der Waals surface area contributed by atoms with Crippen LogP contribution in [0.1, 0.15) is 25.8 Å². The van der Waals surface area contributed by atoms with Crippen LogP contribution in [0, 0.1) is 3.57 Å². The van der Waals surface area contributed by atoms with Gasteiger partial charge < -0.3 is 19.5 Å². The maximum atomic E-state index is 12.5. The molecule has 0 atom stereocenters. The molecule has 6 nitrogen and oxygen atoms in total. The smallest absolute Gasteiger partial charge is 0.264 e. The summed E-state index contributed by atoms with van der Waals surface area (Å²) < 4.78 is 17.9. The summed E-state index contributed by atoms with van der Waals surface area (Å²) in [6.07, 6.45) is 2.75. The number of para-hydroxylation sites is 2. The third-order valence-electron chi connectivity index (χ3n) is 4.04. The molecule has 1 fully saturated rings. The van der Waals surface area contributed by atoms with Crippen LogP contribution in [0.5, 0.6) is 17.2 Å². The standard InChI is InChI=1S/C22H23IN2O4S/c1-4-10-29-20-15(23)11-14(12-18(20)28-5-2)13-19-21(26)25-22(30-19)24-16-8-6-7-9-17(16)27-3/h6-9,11-13H,4-5,10H2,1-3H3,(H,24,25,26). The number of hydrogen-bond acceptors (Lipinski definition) is 6. The fraction of sp³-hybridized carbons (Fsp3) is 0.273. The minimum atomic E-state index is -0.187. The minimum absolute atomic E-state index is 0.187. The molecule has 2 aromatic rings. The number of thioether (sulfide) groups is 1. The molecule has 30 heavy (non-hydrogen) atoms. The van der Waals surface area contributed by atoms with Crippen LogP contribution in [-0.2, 0) is 4.79 Å². The Morgan fingerprint density at radius 2 is 1.97 bits per heavy atom. The van der Waals surface area contributed by atoms with Crippen LogP contribution in [0.2, 0.25) is 0 Å². The van der Waals surface area contributed by atoms with Gasteiger partial charge in [-0.2, -0.15) is 0 Å². The second-order valence-corrected chi connectivity index (χ2v) is 8.46. The Morgan fingerprint density at radius 3 is 2.70 bits per heavy atom. The van der Waals surface area contributed by atoms with Gasteiger partial charge in [-0.05, 0) is 83.6 Å². The van der Waals surface area contributed by atoms with E-state index in [1.807, 2.05) is 49.4 Å². The van der Waals surface area contributed by atoms with E-state index in [9.17, 15) is 4.79 Å². The number of benzene rings is 2. The Morgan fingerprint density at radius 1 is 1.17 bits per heavy atom. The van der Waals surface area contributed by atoms with Crippen molar-refractivity contribution >= 4 is 57.2 Å². The summed E-state index contributed by atoms with van der Waals surface area (Å²) in [6.45, 7) is 5.15. The molecule has 0 radical (unpaired) electrons. The van der Waals surface area contributed by atoms with Gasteiger partial charge in [0.2, 0.25) is 0 Å². The first-order valence-electron chi connectivity index (χ1n) is 9.57. The number of aliphatic imine (C=N–C) groups is 1. The van der Waals surface area contributed by atoms with Crippen molar-refractivity contribution in [3.63, 3.8) is 0 Å². The third-order valence-corrected chi connectivity index (χ3v) is 5.75. The summed E-state index contributed by atoms with van der Waals surface area (Å²) in [5.41, 5.74) is 1.53. The zero-order valence-corrected chi connectivity index (χ0v) is 20.0. The fourth-order valence-electron chi connectivity index (χ4n) is 2.74. The molecule has 0 spiro atoms. The van der Waals surface area contributed by atoms with Gasteiger partial charge in [-0.3, -0.25) is 4.79 Å². The Kier molecular flexibility index (Phi) is 8.03. The van der Waals surface area contributed by atoms with Crippen LogP contribution in [0.25, 0.3) is 6.08 Å². The summed E-state index contributed by atoms with van der Waals surface area (Å²) in [6, 6.07) is 11.3. The zero-order chi connectivity index (χ0) is 21.5. The molecule has 1 saturated heterocycles. The van der Waals surface area contributed by atoms with E-state index >= 15 is 0 Å². The first-order chi connectivity index (χ1) is 14.5. The first kappa shape index (κ1) is 22.5. The average Bonchev–Trinajstić information content (AvgIpc) is 3.06. The molecule has 1 heterocycles. The molecule has 0 bridgehead atoms. The predicted molar refractivity (Wildman–Crippen MR) is 130 cm³/mol. The van der Waals surface area contributed by atoms with Gasteiger partial charge in [0.05, 0.1) is 28.8 Å². The molecule has 0 saturated carbocycles. The molecule has 0 aromatic heterocycles. The third kappa shape index (κ3) is 5.48. The van der Waals surface area contributed by atoms with Crippen LogP contribution in [0.15, 0.2) is 46.3 Å². The SMILES string of the molecule is CCCOc1c(I)cc(C=C2SC(=Nc3ccccc3OC)NC2=O)cc1OCC. The van der Waals surface area contributed by atoms with Gasteiger partial charge in [-0.1, -0.05) is 19.1 Å². The number of methoxy groups -OCH3 is 1. The number of nitrogens with one attached hydrogen (secondary N) is 1. The summed E-state index contributed by atoms with van der Waals surface area (Å²) >= 11 is 3.52. The lowest BCUT2D eigenvalue weighted by atomic mass is 10.2. The number of halogens is 1. The number of rotatable bonds is 8. The minimum Gasteiger partial charge on any atom is -0.494 e. The van der Waals surface area contributed by atoms with Crippen molar-refractivity contribution in [1.82, 2.24) is 5.32 Å². The molecule has 1 amide bonds. The van der Waals surface area contributed by atoms with Gasteiger partial charge in [0, 0.05) is 0 Å². The summed E-state index contributed by atoms with van der Waals surface area (Å²) in [7, 11) is 1.59. The van der Waals surface area contributed by atoms with E-state index in [0.29, 0.717) is 40.5 Å². The highest BCUT2D eigenvalue weighted by Crippen LogP contribution is 2.37. The molecule has 158 valence electrons. The van der Waals surface area contributed by atoms with Crippen LogP contribution >= 0.6 is 34.4 Å². The van der Waals surface area contributed by atoms with Crippen molar-refractivity contribution in [2.45, 2.75) is 20.3 Å². The molecular weight excluding hydrogens is 515 g/mol. The van der Waals surface area contributed by atoms with E-state index in [2.05, 4.69) is 39.8 Å². The highest BCUT2D eigenvalue weighted by molar-refractivity contribution is 14.1. The van der Waals surface area contributed by atoms with Gasteiger partial charge >= 0.3 is 0 Å². The van der Waals surface area contributed by atoms with Crippen LogP contribution in [0.4, 0.5) is 5.69 Å². The van der Waals surface area contributed by atoms with E-state index < -0.39 is 0 Å². The van der Waals surface area contributed by atoms with Crippen molar-refractivity contribution in [3.05, 3.63) is 50.4 Å². The highest BCUT2D eigenvalue weighted by atomic mass is 127. The van der Waals surface area contributed by atoms with Gasteiger partial charge in [0.25, 0.3) is 5.91 Å². The monoisotopic (exact) mass is 538 g/mol. The highest BCUT2D eigenvalue weighted by Gasteiger charge is 2.24. The van der Waals surface area contributed by atoms with Crippen molar-refractivity contribution in [3.8, 4) is 17.2 Å². The van der Waals surface area contributed by atoms with Gasteiger partial charge in [-0.25, -0.2) is 4.99 Å². The van der Waals surface area contributed by atoms with Crippen LogP contribution in [0.3, 0.4) is 0 Å². The van der Waals surface area contributed by atoms with E-state index in [1.54, 1.807) is 7.11 Å². The maximum absolute atomic E-state index is 12.5. The largest absolute Gasteiger partial charge is 0.494 e. The fourth-order valence-corrected chi connectivity index (χ4v) is 4.36. The molecule has 0 unspecified atom stereocenters. The molecular formula is C22H23IN2O4S. The van der Waals surface area contributed by atoms with Crippen molar-refractivity contribution in [2.75, 3.05) is 20.3 Å². The van der Waals surface area contributed by atoms with Crippen molar-refractivity contribution < 1.29 is 19.0 Å². The van der Waals surface area contributed by atoms with E-state index in [-0.39, 0.29) is 5.91 Å². The topological polar surface area (TPSA) is 69.2 Å². The summed E-state index contributed by atoms with van der Waals surface area (Å²) in [5.74, 6) is 1.88. The number of carbonyl (C=O) groups excluding carboxylic acids is 1. The van der Waals surface area contributed by atoms with E-state index in [1.165, 1.54) is 11.8 Å². The molecule has 0 aliphatic carbocycles. The second-order valence-electron chi connectivity index (χ2n) is 6.27. The molecule has 8 heteroatoms. The number of amides is 1. The number of ether oxygens (including phenoxy) is 3. The van der Waals surface area contributed by atoms with E-state index in [0.717, 1.165) is 21.3 Å². The Hall–Kier alpha value is -2.20. The van der Waals surface area contributed by atoms with Crippen LogP contribution < -0.4 is 19.5 Å². The lowest BCUT2D eigenvalue weighted by Gasteiger charge is -2.14. The zero-order valence-electron chi connectivity index (χ0n) is 17.0. The van der Waals surface area contributed by atoms with E-state index in [4.69, 9.17) is 14.2 Å². The summed E-state index contributed by atoms with van der Waals surface area (Å²) in [4.78, 5) is 17.5. The van der Waals surface area contributed by atoms with Crippen molar-refractivity contribution in [1.29, 1.82) is 0 Å². The Balaban J connectivity index is 1.88. The first-order valence-corrected chi connectivity index (χ1v) is 11.5. The molecule has 1 aliphatic rings. The van der Waals surface area contributed by atoms with Gasteiger partial charge in [0.1, 0.15) is 11.4 Å². The van der Waals surface area contributed by atoms with Crippen LogP contribution in [-0.4, -0.2) is 31.4 Å². The molecule has 2 aromatic carbocycles. The van der Waals surface area contributed by atoms with Crippen molar-refractivity contribution in [2.24, 2.45) is 4.99 Å². The molecule has 1 N–H and O–H groups in total. The number of amidine groups is 1. The number of hydrogen-bond donors (Lipinski definition) is 1. The number of carbonyl (C=O) groups is 1. The van der Waals surface area contributed by atoms with Gasteiger partial charge in [0.15, 0.2) is 16.7 Å².